The highest BCUT2D eigenvalue weighted by Crippen LogP contribution is 2.34. The number of hydrogen-bond acceptors (Lipinski definition) is 6. The lowest BCUT2D eigenvalue weighted by molar-refractivity contribution is 0.462. The quantitative estimate of drug-likeness (QED) is 0.374. The van der Waals surface area contributed by atoms with Crippen LogP contribution >= 0.6 is 34.8 Å². The van der Waals surface area contributed by atoms with Crippen LogP contribution in [0.2, 0.25) is 15.2 Å². The van der Waals surface area contributed by atoms with Gasteiger partial charge in [-0.25, -0.2) is 13.4 Å². The minimum atomic E-state index is -4.03. The molecule has 0 amide bonds. The molecular weight excluding hydrogens is 471 g/mol. The molecule has 4 aromatic rings. The van der Waals surface area contributed by atoms with Crippen molar-refractivity contribution in [3.63, 3.8) is 0 Å². The van der Waals surface area contributed by atoms with Gasteiger partial charge in [-0.1, -0.05) is 53.0 Å². The van der Waals surface area contributed by atoms with E-state index in [9.17, 15) is 8.42 Å². The molecule has 0 radical (unpaired) electrons. The van der Waals surface area contributed by atoms with E-state index in [1.165, 1.54) is 30.5 Å². The number of benzene rings is 2. The van der Waals surface area contributed by atoms with Crippen LogP contribution in [0.25, 0.3) is 10.8 Å². The van der Waals surface area contributed by atoms with Crippen LogP contribution in [0.5, 0.6) is 11.6 Å². The van der Waals surface area contributed by atoms with Crippen molar-refractivity contribution in [1.29, 1.82) is 0 Å². The van der Waals surface area contributed by atoms with Crippen LogP contribution in [-0.4, -0.2) is 23.6 Å². The second-order valence-corrected chi connectivity index (χ2v) is 8.88. The van der Waals surface area contributed by atoms with Gasteiger partial charge in [-0.05, 0) is 30.3 Å². The summed E-state index contributed by atoms with van der Waals surface area (Å²) in [5.74, 6) is 0.563. The van der Waals surface area contributed by atoms with Crippen molar-refractivity contribution in [3.8, 4) is 11.6 Å². The Morgan fingerprint density at radius 3 is 2.57 bits per heavy atom. The number of nitrogens with zero attached hydrogens (tertiary/aromatic N) is 3. The first-order chi connectivity index (χ1) is 14.3. The van der Waals surface area contributed by atoms with Crippen LogP contribution in [0.4, 0.5) is 5.69 Å². The molecule has 0 spiro atoms. The van der Waals surface area contributed by atoms with Gasteiger partial charge < -0.3 is 4.74 Å². The third-order valence-electron chi connectivity index (χ3n) is 3.99. The molecule has 0 fully saturated rings. The average molecular weight is 482 g/mol. The molecule has 0 aliphatic heterocycles. The fraction of sp³-hybridized carbons (Fsp3) is 0. The minimum absolute atomic E-state index is 0.137. The van der Waals surface area contributed by atoms with E-state index in [1.54, 1.807) is 6.20 Å². The lowest BCUT2D eigenvalue weighted by atomic mass is 10.2. The van der Waals surface area contributed by atoms with E-state index in [4.69, 9.17) is 39.5 Å². The summed E-state index contributed by atoms with van der Waals surface area (Å²) >= 11 is 18.0. The molecule has 7 nitrogen and oxygen atoms in total. The number of ether oxygens (including phenoxy) is 1. The Bertz CT molecular complexity index is 1360. The predicted octanol–water partition coefficient (Wildman–Crippen LogP) is 5.58. The van der Waals surface area contributed by atoms with Gasteiger partial charge in [-0.3, -0.25) is 4.72 Å². The van der Waals surface area contributed by atoms with Gasteiger partial charge in [-0.2, -0.15) is 5.10 Å². The molecule has 0 saturated carbocycles. The second kappa shape index (κ2) is 8.23. The number of halogens is 3. The van der Waals surface area contributed by atoms with Gasteiger partial charge in [0.05, 0.1) is 21.9 Å². The molecule has 2 aromatic carbocycles. The highest BCUT2D eigenvalue weighted by Gasteiger charge is 2.20. The van der Waals surface area contributed by atoms with E-state index in [1.807, 2.05) is 24.3 Å². The van der Waals surface area contributed by atoms with Gasteiger partial charge in [0, 0.05) is 17.0 Å². The largest absolute Gasteiger partial charge is 0.435 e. The maximum Gasteiger partial charge on any atom is 0.265 e. The summed E-state index contributed by atoms with van der Waals surface area (Å²) in [5.41, 5.74) is 0.201. The second-order valence-electron chi connectivity index (χ2n) is 6.03. The molecule has 152 valence electrons. The van der Waals surface area contributed by atoms with Crippen LogP contribution in [-0.2, 0) is 10.0 Å². The Hall–Kier alpha value is -2.65. The molecule has 0 bridgehead atoms. The lowest BCUT2D eigenvalue weighted by Crippen LogP contribution is -2.14. The van der Waals surface area contributed by atoms with E-state index in [0.717, 1.165) is 10.8 Å². The minimum Gasteiger partial charge on any atom is -0.435 e. The van der Waals surface area contributed by atoms with Crippen molar-refractivity contribution in [3.05, 3.63) is 76.1 Å². The molecule has 30 heavy (non-hydrogen) atoms. The van der Waals surface area contributed by atoms with Crippen LogP contribution in [0, 0.1) is 0 Å². The number of fused-ring (bicyclic) bond motifs is 1. The summed E-state index contributed by atoms with van der Waals surface area (Å²) in [6.07, 6.45) is 2.87. The zero-order valence-corrected chi connectivity index (χ0v) is 18.0. The maximum atomic E-state index is 12.6. The van der Waals surface area contributed by atoms with Gasteiger partial charge in [0.2, 0.25) is 5.88 Å². The Kier molecular flexibility index (Phi) is 5.66. The first-order valence-corrected chi connectivity index (χ1v) is 11.0. The molecule has 0 saturated heterocycles. The van der Waals surface area contributed by atoms with E-state index in [0.29, 0.717) is 0 Å². The number of hydrogen-bond donors (Lipinski definition) is 1. The highest BCUT2D eigenvalue weighted by molar-refractivity contribution is 7.92. The van der Waals surface area contributed by atoms with Gasteiger partial charge in [-0.15, -0.1) is 5.10 Å². The SMILES string of the molecule is O=S(=O)(Nc1ccc(Oc2nncc3ccccc23)c(Cl)c1)c1cc(Cl)cnc1Cl. The molecule has 0 aliphatic rings. The van der Waals surface area contributed by atoms with E-state index >= 15 is 0 Å². The molecule has 2 heterocycles. The van der Waals surface area contributed by atoms with Crippen molar-refractivity contribution >= 4 is 61.3 Å². The Balaban J connectivity index is 1.61. The van der Waals surface area contributed by atoms with E-state index in [2.05, 4.69) is 19.9 Å². The first-order valence-electron chi connectivity index (χ1n) is 8.35. The van der Waals surface area contributed by atoms with Crippen molar-refractivity contribution in [2.75, 3.05) is 4.72 Å². The Morgan fingerprint density at radius 2 is 1.77 bits per heavy atom. The Morgan fingerprint density at radius 1 is 0.967 bits per heavy atom. The van der Waals surface area contributed by atoms with Crippen LogP contribution in [0.15, 0.2) is 65.8 Å². The predicted molar refractivity (Wildman–Crippen MR) is 116 cm³/mol. The molecule has 1 N–H and O–H groups in total. The third-order valence-corrected chi connectivity index (χ3v) is 6.30. The van der Waals surface area contributed by atoms with Gasteiger partial charge in [0.15, 0.2) is 0 Å². The molecular formula is C19H11Cl3N4O3S. The average Bonchev–Trinajstić information content (AvgIpc) is 2.71. The summed E-state index contributed by atoms with van der Waals surface area (Å²) < 4.78 is 33.4. The molecule has 2 aromatic heterocycles. The number of aromatic nitrogens is 3. The van der Waals surface area contributed by atoms with Gasteiger partial charge in [0.1, 0.15) is 15.8 Å². The van der Waals surface area contributed by atoms with E-state index in [-0.39, 0.29) is 37.4 Å². The van der Waals surface area contributed by atoms with Gasteiger partial charge in [0.25, 0.3) is 10.0 Å². The first kappa shape index (κ1) is 20.6. The summed E-state index contributed by atoms with van der Waals surface area (Å²) in [6, 6.07) is 13.1. The van der Waals surface area contributed by atoms with Crippen LogP contribution in [0.1, 0.15) is 0 Å². The van der Waals surface area contributed by atoms with Crippen LogP contribution in [0.3, 0.4) is 0 Å². The fourth-order valence-electron chi connectivity index (χ4n) is 2.63. The molecule has 11 heteroatoms. The monoisotopic (exact) mass is 480 g/mol. The van der Waals surface area contributed by atoms with Crippen molar-refractivity contribution in [1.82, 2.24) is 15.2 Å². The third kappa shape index (κ3) is 4.27. The smallest absolute Gasteiger partial charge is 0.265 e. The number of nitrogens with one attached hydrogen (secondary N) is 1. The number of pyridine rings is 1. The zero-order valence-electron chi connectivity index (χ0n) is 14.9. The number of sulfonamides is 1. The van der Waals surface area contributed by atoms with Crippen LogP contribution < -0.4 is 9.46 Å². The summed E-state index contributed by atoms with van der Waals surface area (Å²) in [6.45, 7) is 0. The lowest BCUT2D eigenvalue weighted by Gasteiger charge is -2.12. The zero-order chi connectivity index (χ0) is 21.3. The normalized spacial score (nSPS) is 11.4. The summed E-state index contributed by atoms with van der Waals surface area (Å²) in [7, 11) is -4.03. The maximum absolute atomic E-state index is 12.6. The standard InChI is InChI=1S/C19H11Cl3N4O3S/c20-12-7-17(18(22)23-10-12)30(27,28)26-13-5-6-16(15(21)8-13)29-19-14-4-2-1-3-11(14)9-24-25-19/h1-10,26H. The Labute approximate surface area is 186 Å². The van der Waals surface area contributed by atoms with Crippen molar-refractivity contribution in [2.45, 2.75) is 4.90 Å². The highest BCUT2D eigenvalue weighted by atomic mass is 35.5. The molecule has 0 unspecified atom stereocenters. The molecule has 0 atom stereocenters. The van der Waals surface area contributed by atoms with Crippen molar-refractivity contribution < 1.29 is 13.2 Å². The van der Waals surface area contributed by atoms with E-state index < -0.39 is 10.0 Å². The summed E-state index contributed by atoms with van der Waals surface area (Å²) in [5, 5.41) is 9.64. The number of rotatable bonds is 5. The summed E-state index contributed by atoms with van der Waals surface area (Å²) in [4.78, 5) is 3.49. The fourth-order valence-corrected chi connectivity index (χ4v) is 4.58. The molecule has 0 aliphatic carbocycles. The number of anilines is 1. The molecule has 4 rings (SSSR count). The van der Waals surface area contributed by atoms with Gasteiger partial charge >= 0.3 is 0 Å². The van der Waals surface area contributed by atoms with Crippen molar-refractivity contribution in [2.24, 2.45) is 0 Å². The topological polar surface area (TPSA) is 94.1 Å².